The number of halogens is 1. The van der Waals surface area contributed by atoms with E-state index >= 15 is 0 Å². The lowest BCUT2D eigenvalue weighted by Crippen LogP contribution is -2.32. The van der Waals surface area contributed by atoms with Gasteiger partial charge in [0.1, 0.15) is 5.75 Å². The minimum Gasteiger partial charge on any atom is -0.497 e. The average Bonchev–Trinajstić information content (AvgIpc) is 3.04. The molecule has 0 aromatic heterocycles. The molecule has 2 aromatic carbocycles. The van der Waals surface area contributed by atoms with Gasteiger partial charge in [0.2, 0.25) is 11.8 Å². The number of anilines is 1. The molecule has 1 atom stereocenters. The van der Waals surface area contributed by atoms with Crippen molar-refractivity contribution >= 4 is 29.1 Å². The van der Waals surface area contributed by atoms with E-state index in [1.807, 2.05) is 43.3 Å². The van der Waals surface area contributed by atoms with E-state index in [9.17, 15) is 9.59 Å². The van der Waals surface area contributed by atoms with E-state index in [2.05, 4.69) is 5.32 Å². The number of amides is 2. The van der Waals surface area contributed by atoms with Gasteiger partial charge >= 0.3 is 0 Å². The molecule has 1 heterocycles. The number of hydrogen-bond donors (Lipinski definition) is 1. The Balaban J connectivity index is 1.60. The van der Waals surface area contributed by atoms with Gasteiger partial charge in [-0.05, 0) is 42.3 Å². The van der Waals surface area contributed by atoms with Crippen molar-refractivity contribution < 1.29 is 14.3 Å². The molecule has 2 amide bonds. The topological polar surface area (TPSA) is 58.6 Å². The fourth-order valence-corrected chi connectivity index (χ4v) is 3.13. The van der Waals surface area contributed by atoms with Gasteiger partial charge < -0.3 is 15.0 Å². The van der Waals surface area contributed by atoms with Gasteiger partial charge in [-0.2, -0.15) is 0 Å². The lowest BCUT2D eigenvalue weighted by Gasteiger charge is -2.17. The zero-order valence-electron chi connectivity index (χ0n) is 14.8. The molecule has 0 bridgehead atoms. The summed E-state index contributed by atoms with van der Waals surface area (Å²) in [5.74, 6) is 0.235. The highest BCUT2D eigenvalue weighted by molar-refractivity contribution is 6.31. The van der Waals surface area contributed by atoms with Crippen molar-refractivity contribution in [2.45, 2.75) is 19.9 Å². The van der Waals surface area contributed by atoms with Crippen molar-refractivity contribution in [2.24, 2.45) is 5.92 Å². The molecular formula is C20H21ClN2O3. The summed E-state index contributed by atoms with van der Waals surface area (Å²) in [6.45, 7) is 2.70. The number of hydrogen-bond acceptors (Lipinski definition) is 3. The lowest BCUT2D eigenvalue weighted by molar-refractivity contribution is -0.126. The molecule has 1 aliphatic rings. The molecule has 1 aliphatic heterocycles. The molecule has 0 aliphatic carbocycles. The Kier molecular flexibility index (Phi) is 5.47. The molecule has 3 rings (SSSR count). The first-order valence-corrected chi connectivity index (χ1v) is 8.83. The number of rotatable bonds is 5. The fraction of sp³-hybridized carbons (Fsp3) is 0.300. The Hall–Kier alpha value is -2.53. The first kappa shape index (κ1) is 18.3. The highest BCUT2D eigenvalue weighted by atomic mass is 35.5. The molecule has 136 valence electrons. The quantitative estimate of drug-likeness (QED) is 0.875. The summed E-state index contributed by atoms with van der Waals surface area (Å²) in [7, 11) is 1.61. The van der Waals surface area contributed by atoms with Crippen LogP contribution in [0.5, 0.6) is 5.75 Å². The maximum Gasteiger partial charge on any atom is 0.227 e. The second-order valence-electron chi connectivity index (χ2n) is 6.40. The molecule has 5 nitrogen and oxygen atoms in total. The fourth-order valence-electron chi connectivity index (χ4n) is 2.96. The molecule has 0 radical (unpaired) electrons. The van der Waals surface area contributed by atoms with Crippen molar-refractivity contribution in [2.75, 3.05) is 18.6 Å². The van der Waals surface area contributed by atoms with Gasteiger partial charge in [0.15, 0.2) is 0 Å². The normalized spacial score (nSPS) is 16.7. The summed E-state index contributed by atoms with van der Waals surface area (Å²) in [4.78, 5) is 26.4. The predicted octanol–water partition coefficient (Wildman–Crippen LogP) is 3.33. The van der Waals surface area contributed by atoms with Gasteiger partial charge in [-0.15, -0.1) is 0 Å². The number of aryl methyl sites for hydroxylation is 1. The van der Waals surface area contributed by atoms with E-state index in [0.29, 0.717) is 18.1 Å². The number of nitrogens with zero attached hydrogens (tertiary/aromatic N) is 1. The van der Waals surface area contributed by atoms with Crippen LogP contribution < -0.4 is 15.0 Å². The van der Waals surface area contributed by atoms with E-state index in [-0.39, 0.29) is 24.2 Å². The third-order valence-electron chi connectivity index (χ3n) is 4.59. The monoisotopic (exact) mass is 372 g/mol. The second kappa shape index (κ2) is 7.79. The lowest BCUT2D eigenvalue weighted by atomic mass is 10.1. The summed E-state index contributed by atoms with van der Waals surface area (Å²) >= 11 is 6.15. The number of carbonyl (C=O) groups is 2. The van der Waals surface area contributed by atoms with Gasteiger partial charge in [-0.1, -0.05) is 29.8 Å². The van der Waals surface area contributed by atoms with Gasteiger partial charge in [0.05, 0.1) is 13.0 Å². The van der Waals surface area contributed by atoms with E-state index in [1.165, 1.54) is 0 Å². The molecule has 1 saturated heterocycles. The zero-order chi connectivity index (χ0) is 18.7. The Morgan fingerprint density at radius 3 is 2.65 bits per heavy atom. The minimum absolute atomic E-state index is 0.0606. The smallest absolute Gasteiger partial charge is 0.227 e. The van der Waals surface area contributed by atoms with Crippen molar-refractivity contribution in [3.8, 4) is 5.75 Å². The number of nitrogens with one attached hydrogen (secondary N) is 1. The third kappa shape index (κ3) is 3.99. The minimum atomic E-state index is -0.360. The third-order valence-corrected chi connectivity index (χ3v) is 5.00. The highest BCUT2D eigenvalue weighted by Gasteiger charge is 2.35. The van der Waals surface area contributed by atoms with Crippen LogP contribution in [0.1, 0.15) is 17.5 Å². The van der Waals surface area contributed by atoms with Gasteiger partial charge in [0.25, 0.3) is 0 Å². The predicted molar refractivity (Wildman–Crippen MR) is 101 cm³/mol. The Bertz CT molecular complexity index is 820. The SMILES string of the molecule is COc1ccc(CNC(=O)[C@H]2CC(=O)N(c3ccc(C)c(Cl)c3)C2)cc1. The summed E-state index contributed by atoms with van der Waals surface area (Å²) in [5.41, 5.74) is 2.66. The molecule has 0 unspecified atom stereocenters. The van der Waals surface area contributed by atoms with Gasteiger partial charge in [0, 0.05) is 30.2 Å². The Morgan fingerprint density at radius 2 is 2.00 bits per heavy atom. The first-order chi connectivity index (χ1) is 12.5. The Labute approximate surface area is 157 Å². The number of ether oxygens (including phenoxy) is 1. The van der Waals surface area contributed by atoms with Crippen LogP contribution in [0.15, 0.2) is 42.5 Å². The molecule has 26 heavy (non-hydrogen) atoms. The maximum absolute atomic E-state index is 12.4. The van der Waals surface area contributed by atoms with Gasteiger partial charge in [-0.25, -0.2) is 0 Å². The van der Waals surface area contributed by atoms with Gasteiger partial charge in [-0.3, -0.25) is 9.59 Å². The van der Waals surface area contributed by atoms with Crippen LogP contribution in [-0.4, -0.2) is 25.5 Å². The molecule has 1 N–H and O–H groups in total. The first-order valence-electron chi connectivity index (χ1n) is 8.45. The second-order valence-corrected chi connectivity index (χ2v) is 6.81. The van der Waals surface area contributed by atoms with Crippen molar-refractivity contribution in [1.82, 2.24) is 5.32 Å². The van der Waals surface area contributed by atoms with E-state index in [1.54, 1.807) is 18.1 Å². The molecular weight excluding hydrogens is 352 g/mol. The molecule has 0 spiro atoms. The number of methoxy groups -OCH3 is 1. The van der Waals surface area contributed by atoms with Crippen LogP contribution in [0, 0.1) is 12.8 Å². The number of benzene rings is 2. The summed E-state index contributed by atoms with van der Waals surface area (Å²) in [5, 5.41) is 3.52. The van der Waals surface area contributed by atoms with E-state index in [4.69, 9.17) is 16.3 Å². The average molecular weight is 373 g/mol. The van der Waals surface area contributed by atoms with Crippen LogP contribution >= 0.6 is 11.6 Å². The standard InChI is InChI=1S/C20H21ClN2O3/c1-13-3-6-16(10-18(13)21)23-12-15(9-19(23)24)20(25)22-11-14-4-7-17(26-2)8-5-14/h3-8,10,15H,9,11-12H2,1-2H3,(H,22,25)/t15-/m0/s1. The Morgan fingerprint density at radius 1 is 1.27 bits per heavy atom. The molecule has 2 aromatic rings. The van der Waals surface area contributed by atoms with E-state index < -0.39 is 0 Å². The summed E-state index contributed by atoms with van der Waals surface area (Å²) in [6.07, 6.45) is 0.208. The molecule has 1 fully saturated rings. The van der Waals surface area contributed by atoms with Crippen LogP contribution in [0.3, 0.4) is 0 Å². The van der Waals surface area contributed by atoms with Crippen molar-refractivity contribution in [3.05, 3.63) is 58.6 Å². The summed E-state index contributed by atoms with van der Waals surface area (Å²) in [6, 6.07) is 13.0. The van der Waals surface area contributed by atoms with Crippen molar-refractivity contribution in [3.63, 3.8) is 0 Å². The summed E-state index contributed by atoms with van der Waals surface area (Å²) < 4.78 is 5.12. The largest absolute Gasteiger partial charge is 0.497 e. The van der Waals surface area contributed by atoms with Crippen LogP contribution in [-0.2, 0) is 16.1 Å². The van der Waals surface area contributed by atoms with Crippen molar-refractivity contribution in [1.29, 1.82) is 0 Å². The van der Waals surface area contributed by atoms with Crippen LogP contribution in [0.4, 0.5) is 5.69 Å². The molecule has 6 heteroatoms. The zero-order valence-corrected chi connectivity index (χ0v) is 15.5. The maximum atomic E-state index is 12.4. The van der Waals surface area contributed by atoms with Crippen LogP contribution in [0.2, 0.25) is 5.02 Å². The number of carbonyl (C=O) groups excluding carboxylic acids is 2. The molecule has 0 saturated carbocycles. The van der Waals surface area contributed by atoms with E-state index in [0.717, 1.165) is 22.6 Å². The highest BCUT2D eigenvalue weighted by Crippen LogP contribution is 2.28. The van der Waals surface area contributed by atoms with Crippen LogP contribution in [0.25, 0.3) is 0 Å².